The van der Waals surface area contributed by atoms with Gasteiger partial charge in [0.15, 0.2) is 5.82 Å². The molecule has 1 N–H and O–H groups in total. The fraction of sp³-hybridized carbons (Fsp3) is 0.385. The van der Waals surface area contributed by atoms with Crippen molar-refractivity contribution in [3.63, 3.8) is 0 Å². The number of nitrogens with zero attached hydrogens (tertiary/aromatic N) is 4. The Morgan fingerprint density at radius 2 is 2.25 bits per heavy atom. The van der Waals surface area contributed by atoms with Crippen LogP contribution < -0.4 is 4.74 Å². The molecule has 1 aromatic heterocycles. The maximum absolute atomic E-state index is 10.8. The van der Waals surface area contributed by atoms with Crippen LogP contribution in [0.5, 0.6) is 5.75 Å². The van der Waals surface area contributed by atoms with Crippen LogP contribution in [0.2, 0.25) is 0 Å². The average Bonchev–Trinajstić information content (AvgIpc) is 2.87. The summed E-state index contributed by atoms with van der Waals surface area (Å²) in [6.07, 6.45) is -0.0494. The van der Waals surface area contributed by atoms with Gasteiger partial charge < -0.3 is 9.84 Å². The van der Waals surface area contributed by atoms with E-state index in [1.165, 1.54) is 4.68 Å². The Labute approximate surface area is 116 Å². The molecule has 1 atom stereocenters. The van der Waals surface area contributed by atoms with Gasteiger partial charge in [0.25, 0.3) is 0 Å². The zero-order valence-electron chi connectivity index (χ0n) is 11.6. The van der Waals surface area contributed by atoms with E-state index >= 15 is 0 Å². The summed E-state index contributed by atoms with van der Waals surface area (Å²) in [6.45, 7) is 3.72. The molecule has 1 heterocycles. The van der Waals surface area contributed by atoms with Crippen LogP contribution in [0.4, 0.5) is 0 Å². The number of rotatable bonds is 5. The second-order valence-corrected chi connectivity index (χ2v) is 4.60. The summed E-state index contributed by atoms with van der Waals surface area (Å²) in [4.78, 5) is 10.8. The van der Waals surface area contributed by atoms with Gasteiger partial charge >= 0.3 is 5.97 Å². The highest BCUT2D eigenvalue weighted by atomic mass is 16.5. The summed E-state index contributed by atoms with van der Waals surface area (Å²) < 4.78 is 6.82. The summed E-state index contributed by atoms with van der Waals surface area (Å²) in [5.74, 6) is 0.253. The third-order valence-corrected chi connectivity index (χ3v) is 2.98. The minimum absolute atomic E-state index is 0.0494. The van der Waals surface area contributed by atoms with E-state index in [1.807, 2.05) is 25.1 Å². The van der Waals surface area contributed by atoms with Crippen molar-refractivity contribution in [3.8, 4) is 17.1 Å². The largest absolute Gasteiger partial charge is 0.496 e. The predicted molar refractivity (Wildman–Crippen MR) is 71.5 cm³/mol. The van der Waals surface area contributed by atoms with E-state index < -0.39 is 5.97 Å². The molecule has 0 aliphatic heterocycles. The van der Waals surface area contributed by atoms with E-state index in [0.29, 0.717) is 11.6 Å². The van der Waals surface area contributed by atoms with Crippen molar-refractivity contribution in [2.75, 3.05) is 7.11 Å². The van der Waals surface area contributed by atoms with Crippen molar-refractivity contribution in [2.45, 2.75) is 26.3 Å². The van der Waals surface area contributed by atoms with Crippen LogP contribution in [0, 0.1) is 6.92 Å². The molecule has 0 radical (unpaired) electrons. The van der Waals surface area contributed by atoms with Gasteiger partial charge in [0.05, 0.1) is 25.1 Å². The molecule has 0 aliphatic carbocycles. The van der Waals surface area contributed by atoms with E-state index in [9.17, 15) is 4.79 Å². The average molecular weight is 276 g/mol. The first-order valence-corrected chi connectivity index (χ1v) is 6.17. The fourth-order valence-corrected chi connectivity index (χ4v) is 2.00. The molecule has 7 heteroatoms. The van der Waals surface area contributed by atoms with Crippen molar-refractivity contribution in [3.05, 3.63) is 23.8 Å². The molecule has 0 aliphatic rings. The first-order valence-electron chi connectivity index (χ1n) is 6.17. The molecular formula is C13H16N4O3. The number of methoxy groups -OCH3 is 1. The number of aliphatic carboxylic acids is 1. The molecule has 0 bridgehead atoms. The molecule has 106 valence electrons. The van der Waals surface area contributed by atoms with Gasteiger partial charge in [0.1, 0.15) is 5.75 Å². The van der Waals surface area contributed by atoms with Crippen LogP contribution in [0.3, 0.4) is 0 Å². The van der Waals surface area contributed by atoms with E-state index in [1.54, 1.807) is 14.0 Å². The van der Waals surface area contributed by atoms with Crippen LogP contribution in [-0.4, -0.2) is 38.4 Å². The molecule has 0 saturated carbocycles. The lowest BCUT2D eigenvalue weighted by Gasteiger charge is -2.13. The lowest BCUT2D eigenvalue weighted by atomic mass is 10.1. The van der Waals surface area contributed by atoms with Crippen molar-refractivity contribution in [2.24, 2.45) is 0 Å². The summed E-state index contributed by atoms with van der Waals surface area (Å²) in [5, 5.41) is 20.4. The standard InChI is InChI=1S/C13H16N4O3/c1-8-4-5-11(20-3)10(6-8)13-14-15-16-17(13)9(2)7-12(18)19/h4-6,9H,7H2,1-3H3,(H,18,19). The number of benzene rings is 1. The Hall–Kier alpha value is -2.44. The van der Waals surface area contributed by atoms with Crippen LogP contribution in [0.1, 0.15) is 24.9 Å². The molecule has 0 fully saturated rings. The van der Waals surface area contributed by atoms with Gasteiger partial charge in [-0.15, -0.1) is 5.10 Å². The van der Waals surface area contributed by atoms with E-state index in [2.05, 4.69) is 15.5 Å². The van der Waals surface area contributed by atoms with Gasteiger partial charge in [-0.25, -0.2) is 4.68 Å². The highest BCUT2D eigenvalue weighted by Gasteiger charge is 2.19. The highest BCUT2D eigenvalue weighted by molar-refractivity contribution is 5.68. The minimum Gasteiger partial charge on any atom is -0.496 e. The topological polar surface area (TPSA) is 90.1 Å². The number of aryl methyl sites for hydroxylation is 1. The SMILES string of the molecule is COc1ccc(C)cc1-c1nnnn1C(C)CC(=O)O. The number of ether oxygens (including phenoxy) is 1. The first-order chi connectivity index (χ1) is 9.52. The van der Waals surface area contributed by atoms with Crippen LogP contribution in [0.25, 0.3) is 11.4 Å². The number of hydrogen-bond donors (Lipinski definition) is 1. The van der Waals surface area contributed by atoms with E-state index in [4.69, 9.17) is 9.84 Å². The number of carbonyl (C=O) groups is 1. The Morgan fingerprint density at radius 1 is 1.50 bits per heavy atom. The van der Waals surface area contributed by atoms with E-state index in [-0.39, 0.29) is 12.5 Å². The highest BCUT2D eigenvalue weighted by Crippen LogP contribution is 2.30. The quantitative estimate of drug-likeness (QED) is 0.893. The van der Waals surface area contributed by atoms with Gasteiger partial charge in [-0.05, 0) is 36.4 Å². The van der Waals surface area contributed by atoms with Gasteiger partial charge in [0, 0.05) is 0 Å². The number of aromatic nitrogens is 4. The summed E-state index contributed by atoms with van der Waals surface area (Å²) in [7, 11) is 1.57. The Kier molecular flexibility index (Phi) is 3.97. The Morgan fingerprint density at radius 3 is 2.90 bits per heavy atom. The van der Waals surface area contributed by atoms with Crippen molar-refractivity contribution >= 4 is 5.97 Å². The van der Waals surface area contributed by atoms with Crippen molar-refractivity contribution in [1.82, 2.24) is 20.2 Å². The van der Waals surface area contributed by atoms with Gasteiger partial charge in [-0.1, -0.05) is 11.6 Å². The molecule has 0 amide bonds. The number of carboxylic acid groups (broad SMARTS) is 1. The van der Waals surface area contributed by atoms with Crippen molar-refractivity contribution in [1.29, 1.82) is 0 Å². The van der Waals surface area contributed by atoms with Gasteiger partial charge in [0.2, 0.25) is 0 Å². The Balaban J connectivity index is 2.46. The Bertz CT molecular complexity index is 624. The molecule has 1 aromatic carbocycles. The molecular weight excluding hydrogens is 260 g/mol. The van der Waals surface area contributed by atoms with Crippen LogP contribution in [-0.2, 0) is 4.79 Å². The summed E-state index contributed by atoms with van der Waals surface area (Å²) in [5.41, 5.74) is 1.79. The maximum Gasteiger partial charge on any atom is 0.305 e. The lowest BCUT2D eigenvalue weighted by Crippen LogP contribution is -2.13. The zero-order valence-corrected chi connectivity index (χ0v) is 11.6. The molecule has 2 rings (SSSR count). The van der Waals surface area contributed by atoms with Crippen LogP contribution in [0.15, 0.2) is 18.2 Å². The monoisotopic (exact) mass is 276 g/mol. The predicted octanol–water partition coefficient (Wildman–Crippen LogP) is 1.69. The number of hydrogen-bond acceptors (Lipinski definition) is 5. The molecule has 20 heavy (non-hydrogen) atoms. The fourth-order valence-electron chi connectivity index (χ4n) is 2.00. The maximum atomic E-state index is 10.8. The minimum atomic E-state index is -0.893. The second kappa shape index (κ2) is 5.68. The van der Waals surface area contributed by atoms with Gasteiger partial charge in [-0.2, -0.15) is 0 Å². The molecule has 0 saturated heterocycles. The number of carboxylic acids is 1. The molecule has 2 aromatic rings. The van der Waals surface area contributed by atoms with Gasteiger partial charge in [-0.3, -0.25) is 4.79 Å². The van der Waals surface area contributed by atoms with Crippen LogP contribution >= 0.6 is 0 Å². The van der Waals surface area contributed by atoms with E-state index in [0.717, 1.165) is 11.1 Å². The number of tetrazole rings is 1. The van der Waals surface area contributed by atoms with Crippen molar-refractivity contribution < 1.29 is 14.6 Å². The summed E-state index contributed by atoms with van der Waals surface area (Å²) in [6, 6.07) is 5.33. The third kappa shape index (κ3) is 2.76. The first kappa shape index (κ1) is 14.0. The zero-order chi connectivity index (χ0) is 14.7. The normalized spacial score (nSPS) is 12.2. The third-order valence-electron chi connectivity index (χ3n) is 2.98. The lowest BCUT2D eigenvalue weighted by molar-refractivity contribution is -0.137. The summed E-state index contributed by atoms with van der Waals surface area (Å²) >= 11 is 0. The molecule has 0 spiro atoms. The molecule has 1 unspecified atom stereocenters. The smallest absolute Gasteiger partial charge is 0.305 e. The second-order valence-electron chi connectivity index (χ2n) is 4.60. The molecule has 7 nitrogen and oxygen atoms in total.